The quantitative estimate of drug-likeness (QED) is 0.187. The van der Waals surface area contributed by atoms with E-state index in [2.05, 4.69) is 20.9 Å². The third-order valence-corrected chi connectivity index (χ3v) is 9.37. The van der Waals surface area contributed by atoms with E-state index >= 15 is 0 Å². The highest BCUT2D eigenvalue weighted by atomic mass is 79.9. The summed E-state index contributed by atoms with van der Waals surface area (Å²) >= 11 is 23.5. The van der Waals surface area contributed by atoms with Crippen molar-refractivity contribution in [3.05, 3.63) is 116 Å². The van der Waals surface area contributed by atoms with E-state index in [4.69, 9.17) is 53.8 Å². The number of fused-ring (bicyclic) bond motifs is 1. The molecule has 8 nitrogen and oxygen atoms in total. The van der Waals surface area contributed by atoms with E-state index in [9.17, 15) is 9.59 Å². The van der Waals surface area contributed by atoms with Crippen molar-refractivity contribution in [3.63, 3.8) is 0 Å². The number of ether oxygens (including phenoxy) is 4. The van der Waals surface area contributed by atoms with Gasteiger partial charge in [0.2, 0.25) is 0 Å². The number of benzene rings is 3. The molecular weight excluding hydrogens is 715 g/mol. The van der Waals surface area contributed by atoms with Crippen molar-refractivity contribution in [1.82, 2.24) is 4.57 Å². The van der Waals surface area contributed by atoms with E-state index in [1.165, 1.54) is 37.2 Å². The molecule has 0 saturated heterocycles. The zero-order valence-electron chi connectivity index (χ0n) is 23.7. The highest BCUT2D eigenvalue weighted by Crippen LogP contribution is 2.38. The lowest BCUT2D eigenvalue weighted by Crippen LogP contribution is -2.40. The van der Waals surface area contributed by atoms with E-state index in [-0.39, 0.29) is 17.7 Å². The Morgan fingerprint density at radius 3 is 2.39 bits per heavy atom. The Balaban J connectivity index is 1.61. The number of carbonyl (C=O) groups is 1. The smallest absolute Gasteiger partial charge is 0.338 e. The van der Waals surface area contributed by atoms with Gasteiger partial charge in [0.25, 0.3) is 5.56 Å². The molecule has 0 spiro atoms. The van der Waals surface area contributed by atoms with Gasteiger partial charge in [-0.2, -0.15) is 0 Å². The Morgan fingerprint density at radius 1 is 1.00 bits per heavy atom. The molecule has 0 fully saturated rings. The summed E-state index contributed by atoms with van der Waals surface area (Å²) in [7, 11) is 4.31. The largest absolute Gasteiger partial charge is 0.496 e. The number of halogens is 4. The summed E-state index contributed by atoms with van der Waals surface area (Å²) in [4.78, 5) is 32.1. The summed E-state index contributed by atoms with van der Waals surface area (Å²) in [5.74, 6) is 0.752. The van der Waals surface area contributed by atoms with E-state index in [0.717, 1.165) is 5.56 Å². The third kappa shape index (κ3) is 6.27. The maximum absolute atomic E-state index is 14.0. The van der Waals surface area contributed by atoms with Gasteiger partial charge in [-0.25, -0.2) is 9.79 Å². The fourth-order valence-electron chi connectivity index (χ4n) is 4.78. The molecule has 0 saturated carbocycles. The van der Waals surface area contributed by atoms with Crippen molar-refractivity contribution in [1.29, 1.82) is 0 Å². The Bertz CT molecular complexity index is 2010. The van der Waals surface area contributed by atoms with Crippen LogP contribution in [-0.4, -0.2) is 31.9 Å². The molecule has 13 heteroatoms. The molecule has 228 valence electrons. The van der Waals surface area contributed by atoms with Crippen LogP contribution in [0.4, 0.5) is 0 Å². The van der Waals surface area contributed by atoms with Gasteiger partial charge in [0, 0.05) is 30.7 Å². The number of thiazole rings is 1. The van der Waals surface area contributed by atoms with Crippen molar-refractivity contribution >= 4 is 74.1 Å². The predicted molar refractivity (Wildman–Crippen MR) is 175 cm³/mol. The van der Waals surface area contributed by atoms with Crippen LogP contribution in [0.5, 0.6) is 17.2 Å². The first-order chi connectivity index (χ1) is 21.1. The fourth-order valence-corrected chi connectivity index (χ4v) is 6.89. The van der Waals surface area contributed by atoms with Crippen LogP contribution in [-0.2, 0) is 16.1 Å². The number of rotatable bonds is 8. The third-order valence-electron chi connectivity index (χ3n) is 6.88. The zero-order valence-corrected chi connectivity index (χ0v) is 28.4. The Hall–Kier alpha value is -3.28. The average molecular weight is 739 g/mol. The first-order valence-electron chi connectivity index (χ1n) is 12.9. The minimum Gasteiger partial charge on any atom is -0.496 e. The van der Waals surface area contributed by atoms with Crippen LogP contribution >= 0.6 is 62.1 Å². The first kappa shape index (κ1) is 32.1. The summed E-state index contributed by atoms with van der Waals surface area (Å²) in [6.07, 6.45) is 1.72. The standard InChI is InChI=1S/C31H24BrCl3N2O6S/c1-15-27(30(39)42-4)28(20-11-18(33)7-8-23(20)40-2)37-29(38)26(44-31(37)36-15)10-17-9-24(41-3)25(13-21(17)32)43-14-16-5-6-19(34)12-22(16)35/h5-13,28H,14H2,1-4H3/b26-10-/t28-/m0/s1. The predicted octanol–water partition coefficient (Wildman–Crippen LogP) is 6.73. The summed E-state index contributed by atoms with van der Waals surface area (Å²) in [6.45, 7) is 1.89. The number of carbonyl (C=O) groups excluding carboxylic acids is 1. The number of methoxy groups -OCH3 is 3. The molecule has 3 aromatic carbocycles. The highest BCUT2D eigenvalue weighted by molar-refractivity contribution is 9.10. The van der Waals surface area contributed by atoms with Gasteiger partial charge in [-0.3, -0.25) is 9.36 Å². The molecule has 0 bridgehead atoms. The average Bonchev–Trinajstić information content (AvgIpc) is 3.30. The minimum absolute atomic E-state index is 0.186. The summed E-state index contributed by atoms with van der Waals surface area (Å²) in [5, 5.41) is 1.43. The van der Waals surface area contributed by atoms with Crippen LogP contribution in [0.2, 0.25) is 15.1 Å². The normalized spacial score (nSPS) is 14.6. The maximum Gasteiger partial charge on any atom is 0.338 e. The lowest BCUT2D eigenvalue weighted by molar-refractivity contribution is -0.136. The van der Waals surface area contributed by atoms with Gasteiger partial charge in [-0.15, -0.1) is 0 Å². The van der Waals surface area contributed by atoms with E-state index in [0.29, 0.717) is 62.9 Å². The zero-order chi connectivity index (χ0) is 31.7. The number of aromatic nitrogens is 1. The van der Waals surface area contributed by atoms with Gasteiger partial charge < -0.3 is 18.9 Å². The Labute approximate surface area is 279 Å². The Morgan fingerprint density at radius 2 is 1.70 bits per heavy atom. The van der Waals surface area contributed by atoms with Gasteiger partial charge in [0.05, 0.1) is 37.1 Å². The van der Waals surface area contributed by atoms with Gasteiger partial charge in [-0.05, 0) is 61.0 Å². The molecule has 0 amide bonds. The molecule has 1 aromatic heterocycles. The lowest BCUT2D eigenvalue weighted by atomic mass is 9.95. The van der Waals surface area contributed by atoms with E-state index in [1.54, 1.807) is 61.5 Å². The first-order valence-corrected chi connectivity index (χ1v) is 15.7. The van der Waals surface area contributed by atoms with Crippen LogP contribution in [0.25, 0.3) is 6.08 Å². The molecule has 0 unspecified atom stereocenters. The molecule has 4 aromatic rings. The van der Waals surface area contributed by atoms with Crippen LogP contribution in [0.15, 0.2) is 74.1 Å². The van der Waals surface area contributed by atoms with Crippen LogP contribution < -0.4 is 29.1 Å². The summed E-state index contributed by atoms with van der Waals surface area (Å²) in [6, 6.07) is 12.8. The molecule has 0 radical (unpaired) electrons. The second-order valence-electron chi connectivity index (χ2n) is 9.51. The highest BCUT2D eigenvalue weighted by Gasteiger charge is 2.35. The number of nitrogens with zero attached hydrogens (tertiary/aromatic N) is 2. The number of allylic oxidation sites excluding steroid dienone is 1. The van der Waals surface area contributed by atoms with Gasteiger partial charge >= 0.3 is 5.97 Å². The molecule has 1 aliphatic rings. The minimum atomic E-state index is -0.886. The molecule has 1 atom stereocenters. The number of esters is 1. The second kappa shape index (κ2) is 13.4. The summed E-state index contributed by atoms with van der Waals surface area (Å²) < 4.78 is 24.8. The topological polar surface area (TPSA) is 88.4 Å². The molecule has 0 aliphatic carbocycles. The number of hydrogen-bond donors (Lipinski definition) is 0. The van der Waals surface area contributed by atoms with Crippen LogP contribution in [0.1, 0.15) is 29.7 Å². The summed E-state index contributed by atoms with van der Waals surface area (Å²) in [5.41, 5.74) is 2.20. The van der Waals surface area contributed by atoms with Crippen molar-refractivity contribution in [2.24, 2.45) is 4.99 Å². The van der Waals surface area contributed by atoms with Crippen LogP contribution in [0, 0.1) is 0 Å². The SMILES string of the molecule is COC(=O)C1=C(C)N=c2s/c(=C\c3cc(OC)c(OCc4ccc(Cl)cc4Cl)cc3Br)c(=O)n2[C@H]1c1cc(Cl)ccc1OC. The van der Waals surface area contributed by atoms with Crippen LogP contribution in [0.3, 0.4) is 0 Å². The van der Waals surface area contributed by atoms with Crippen molar-refractivity contribution in [3.8, 4) is 17.2 Å². The van der Waals surface area contributed by atoms with Gasteiger partial charge in [0.15, 0.2) is 16.3 Å². The lowest BCUT2D eigenvalue weighted by Gasteiger charge is -2.25. The number of hydrogen-bond acceptors (Lipinski definition) is 8. The van der Waals surface area contributed by atoms with E-state index in [1.807, 2.05) is 0 Å². The Kier molecular flexibility index (Phi) is 9.77. The maximum atomic E-state index is 14.0. The van der Waals surface area contributed by atoms with E-state index < -0.39 is 12.0 Å². The van der Waals surface area contributed by atoms with Gasteiger partial charge in [0.1, 0.15) is 18.4 Å². The molecule has 1 aliphatic heterocycles. The monoisotopic (exact) mass is 736 g/mol. The van der Waals surface area contributed by atoms with Crippen molar-refractivity contribution in [2.45, 2.75) is 19.6 Å². The van der Waals surface area contributed by atoms with Crippen molar-refractivity contribution in [2.75, 3.05) is 21.3 Å². The van der Waals surface area contributed by atoms with Gasteiger partial charge in [-0.1, -0.05) is 68.1 Å². The fraction of sp³-hybridized carbons (Fsp3) is 0.194. The molecule has 44 heavy (non-hydrogen) atoms. The van der Waals surface area contributed by atoms with Crippen molar-refractivity contribution < 1.29 is 23.7 Å². The molecular formula is C31H24BrCl3N2O6S. The molecule has 0 N–H and O–H groups in total. The second-order valence-corrected chi connectivity index (χ2v) is 12.7. The molecule has 2 heterocycles. The molecule has 5 rings (SSSR count).